The third-order valence-electron chi connectivity index (χ3n) is 5.58. The molecule has 0 saturated carbocycles. The summed E-state index contributed by atoms with van der Waals surface area (Å²) < 4.78 is 1.73. The van der Waals surface area contributed by atoms with Crippen LogP contribution in [0.15, 0.2) is 36.7 Å². The average Bonchev–Trinajstić information content (AvgIpc) is 3.16. The van der Waals surface area contributed by atoms with Gasteiger partial charge in [0.15, 0.2) is 0 Å². The van der Waals surface area contributed by atoms with Gasteiger partial charge < -0.3 is 15.5 Å². The molecular formula is C22H25N7. The molecule has 0 amide bonds. The highest BCUT2D eigenvalue weighted by Crippen LogP contribution is 2.36. The van der Waals surface area contributed by atoms with Gasteiger partial charge in [0, 0.05) is 56.2 Å². The summed E-state index contributed by atoms with van der Waals surface area (Å²) in [6, 6.07) is 10.6. The van der Waals surface area contributed by atoms with E-state index in [1.165, 1.54) is 5.69 Å². The normalized spacial score (nSPS) is 14.8. The van der Waals surface area contributed by atoms with Crippen molar-refractivity contribution in [3.8, 4) is 28.5 Å². The molecule has 0 atom stereocenters. The van der Waals surface area contributed by atoms with Gasteiger partial charge in [-0.15, -0.1) is 0 Å². The van der Waals surface area contributed by atoms with Gasteiger partial charge in [0.1, 0.15) is 17.5 Å². The quantitative estimate of drug-likeness (QED) is 0.743. The molecule has 7 nitrogen and oxygen atoms in total. The van der Waals surface area contributed by atoms with Crippen molar-refractivity contribution in [3.63, 3.8) is 0 Å². The molecule has 3 heterocycles. The van der Waals surface area contributed by atoms with Crippen LogP contribution >= 0.6 is 0 Å². The number of piperazine rings is 1. The minimum atomic E-state index is 0.245. The van der Waals surface area contributed by atoms with E-state index >= 15 is 0 Å². The van der Waals surface area contributed by atoms with E-state index in [0.717, 1.165) is 54.1 Å². The molecule has 148 valence electrons. The predicted molar refractivity (Wildman–Crippen MR) is 115 cm³/mol. The van der Waals surface area contributed by atoms with Crippen LogP contribution in [0.4, 0.5) is 11.5 Å². The fraction of sp³-hybridized carbons (Fsp3) is 0.318. The molecule has 1 aliphatic heterocycles. The van der Waals surface area contributed by atoms with Crippen molar-refractivity contribution >= 4 is 11.5 Å². The van der Waals surface area contributed by atoms with Crippen LogP contribution in [0.5, 0.6) is 0 Å². The van der Waals surface area contributed by atoms with E-state index in [4.69, 9.17) is 5.73 Å². The minimum absolute atomic E-state index is 0.245. The Labute approximate surface area is 171 Å². The maximum Gasteiger partial charge on any atom is 0.142 e. The van der Waals surface area contributed by atoms with E-state index in [-0.39, 0.29) is 5.82 Å². The number of hydrogen-bond acceptors (Lipinski definition) is 6. The van der Waals surface area contributed by atoms with Crippen molar-refractivity contribution < 1.29 is 0 Å². The van der Waals surface area contributed by atoms with Crippen LogP contribution in [0.1, 0.15) is 11.1 Å². The number of hydrogen-bond donors (Lipinski definition) is 1. The highest BCUT2D eigenvalue weighted by Gasteiger charge is 2.20. The van der Waals surface area contributed by atoms with E-state index in [0.29, 0.717) is 5.56 Å². The number of nitriles is 1. The average molecular weight is 387 g/mol. The standard InChI is InChI=1S/C22H25N7/c1-15-20(16-4-6-18(7-5-16)29-10-8-27(2)9-11-29)19(12-23)22(24)26-21(15)17-13-25-28(3)14-17/h4-7,13-14H,8-11H2,1-3H3,(H2,24,26). The van der Waals surface area contributed by atoms with Gasteiger partial charge in [-0.25, -0.2) is 4.98 Å². The summed E-state index contributed by atoms with van der Waals surface area (Å²) in [6.07, 6.45) is 3.67. The number of pyridine rings is 1. The molecular weight excluding hydrogens is 362 g/mol. The van der Waals surface area contributed by atoms with Crippen molar-refractivity contribution in [2.24, 2.45) is 7.05 Å². The first kappa shape index (κ1) is 19.0. The lowest BCUT2D eigenvalue weighted by Crippen LogP contribution is -2.44. The molecule has 2 aromatic heterocycles. The Morgan fingerprint density at radius 2 is 1.72 bits per heavy atom. The molecule has 1 saturated heterocycles. The lowest BCUT2D eigenvalue weighted by atomic mass is 9.93. The Kier molecular flexibility index (Phi) is 4.95. The molecule has 1 aliphatic rings. The van der Waals surface area contributed by atoms with Gasteiger partial charge in [-0.3, -0.25) is 4.68 Å². The van der Waals surface area contributed by atoms with Gasteiger partial charge >= 0.3 is 0 Å². The van der Waals surface area contributed by atoms with Crippen LogP contribution in [-0.2, 0) is 7.05 Å². The van der Waals surface area contributed by atoms with E-state index in [1.54, 1.807) is 10.9 Å². The van der Waals surface area contributed by atoms with Crippen molar-refractivity contribution in [2.45, 2.75) is 6.92 Å². The molecule has 0 radical (unpaired) electrons. The number of rotatable bonds is 3. The molecule has 2 N–H and O–H groups in total. The van der Waals surface area contributed by atoms with Crippen LogP contribution in [0.2, 0.25) is 0 Å². The van der Waals surface area contributed by atoms with Crippen LogP contribution in [0.25, 0.3) is 22.4 Å². The third-order valence-corrected chi connectivity index (χ3v) is 5.58. The molecule has 29 heavy (non-hydrogen) atoms. The Bertz CT molecular complexity index is 1070. The summed E-state index contributed by atoms with van der Waals surface area (Å²) in [4.78, 5) is 9.23. The lowest BCUT2D eigenvalue weighted by molar-refractivity contribution is 0.313. The molecule has 0 aliphatic carbocycles. The second-order valence-electron chi connectivity index (χ2n) is 7.57. The first-order valence-corrected chi connectivity index (χ1v) is 9.71. The summed E-state index contributed by atoms with van der Waals surface area (Å²) in [7, 11) is 4.02. The molecule has 7 heteroatoms. The monoisotopic (exact) mass is 387 g/mol. The van der Waals surface area contributed by atoms with E-state index < -0.39 is 0 Å². The molecule has 1 fully saturated rings. The minimum Gasteiger partial charge on any atom is -0.383 e. The zero-order valence-corrected chi connectivity index (χ0v) is 17.1. The van der Waals surface area contributed by atoms with Crippen molar-refractivity contribution in [3.05, 3.63) is 47.8 Å². The van der Waals surface area contributed by atoms with Crippen LogP contribution in [0, 0.1) is 18.3 Å². The maximum absolute atomic E-state index is 9.73. The van der Waals surface area contributed by atoms with Crippen LogP contribution in [-0.4, -0.2) is 52.9 Å². The summed E-state index contributed by atoms with van der Waals surface area (Å²) in [6.45, 7) is 6.15. The number of nitrogen functional groups attached to an aromatic ring is 1. The zero-order chi connectivity index (χ0) is 20.5. The van der Waals surface area contributed by atoms with E-state index in [9.17, 15) is 5.26 Å². The smallest absolute Gasteiger partial charge is 0.142 e. The second-order valence-corrected chi connectivity index (χ2v) is 7.57. The molecule has 0 spiro atoms. The predicted octanol–water partition coefficient (Wildman–Crippen LogP) is 2.66. The number of aromatic nitrogens is 3. The molecule has 3 aromatic rings. The Morgan fingerprint density at radius 1 is 1.03 bits per heavy atom. The van der Waals surface area contributed by atoms with E-state index in [1.807, 2.05) is 20.2 Å². The molecule has 0 bridgehead atoms. The summed E-state index contributed by atoms with van der Waals surface area (Å²) in [5.41, 5.74) is 12.2. The largest absolute Gasteiger partial charge is 0.383 e. The number of anilines is 2. The SMILES string of the molecule is Cc1c(-c2cnn(C)c2)nc(N)c(C#N)c1-c1ccc(N2CCN(C)CC2)cc1. The highest BCUT2D eigenvalue weighted by atomic mass is 15.2. The zero-order valence-electron chi connectivity index (χ0n) is 17.1. The summed E-state index contributed by atoms with van der Waals surface area (Å²) in [5.74, 6) is 0.245. The number of nitrogens with two attached hydrogens (primary N) is 1. The first-order valence-electron chi connectivity index (χ1n) is 9.71. The second kappa shape index (κ2) is 7.57. The molecule has 1 aromatic carbocycles. The molecule has 4 rings (SSSR count). The fourth-order valence-corrected chi connectivity index (χ4v) is 3.90. The van der Waals surface area contributed by atoms with E-state index in [2.05, 4.69) is 57.3 Å². The fourth-order valence-electron chi connectivity index (χ4n) is 3.90. The topological polar surface area (TPSA) is 87.0 Å². The van der Waals surface area contributed by atoms with Gasteiger partial charge in [-0.05, 0) is 37.2 Å². The van der Waals surface area contributed by atoms with Crippen molar-refractivity contribution in [2.75, 3.05) is 43.9 Å². The third kappa shape index (κ3) is 3.55. The highest BCUT2D eigenvalue weighted by molar-refractivity contribution is 5.84. The lowest BCUT2D eigenvalue weighted by Gasteiger charge is -2.34. The molecule has 0 unspecified atom stereocenters. The Balaban J connectivity index is 1.76. The number of benzene rings is 1. The van der Waals surface area contributed by atoms with Crippen molar-refractivity contribution in [1.29, 1.82) is 5.26 Å². The van der Waals surface area contributed by atoms with Gasteiger partial charge in [-0.1, -0.05) is 12.1 Å². The maximum atomic E-state index is 9.73. The summed E-state index contributed by atoms with van der Waals surface area (Å²) >= 11 is 0. The first-order chi connectivity index (χ1) is 14.0. The Morgan fingerprint density at radius 3 is 2.31 bits per heavy atom. The van der Waals surface area contributed by atoms with Gasteiger partial charge in [0.25, 0.3) is 0 Å². The number of aryl methyl sites for hydroxylation is 1. The van der Waals surface area contributed by atoms with Gasteiger partial charge in [0.05, 0.1) is 11.9 Å². The summed E-state index contributed by atoms with van der Waals surface area (Å²) in [5, 5.41) is 14.0. The number of nitrogens with zero attached hydrogens (tertiary/aromatic N) is 6. The number of likely N-dealkylation sites (N-methyl/N-ethyl adjacent to an activating group) is 1. The Hall–Kier alpha value is -3.37. The van der Waals surface area contributed by atoms with Crippen LogP contribution in [0.3, 0.4) is 0 Å². The van der Waals surface area contributed by atoms with Gasteiger partial charge in [-0.2, -0.15) is 10.4 Å². The van der Waals surface area contributed by atoms with Gasteiger partial charge in [0.2, 0.25) is 0 Å². The van der Waals surface area contributed by atoms with Crippen molar-refractivity contribution in [1.82, 2.24) is 19.7 Å². The van der Waals surface area contributed by atoms with Crippen LogP contribution < -0.4 is 10.6 Å².